The Labute approximate surface area is 102 Å². The van der Waals surface area contributed by atoms with Crippen LogP contribution in [0.1, 0.15) is 11.3 Å². The summed E-state index contributed by atoms with van der Waals surface area (Å²) in [5.41, 5.74) is 2.97. The Hall–Kier alpha value is -2.07. The number of anilines is 1. The van der Waals surface area contributed by atoms with Gasteiger partial charge in [-0.25, -0.2) is 4.98 Å². The number of rotatable bonds is 1. The van der Waals surface area contributed by atoms with E-state index in [1.54, 1.807) is 36.8 Å². The Morgan fingerprint density at radius 1 is 1.35 bits per heavy atom. The number of carbonyl (C=O) groups excluding carboxylic acids is 1. The highest BCUT2D eigenvalue weighted by atomic mass is 35.5. The summed E-state index contributed by atoms with van der Waals surface area (Å²) < 4.78 is 0. The zero-order valence-electron chi connectivity index (χ0n) is 8.70. The molecular formula is C12H8ClN3O. The standard InChI is InChI=1S/C12H8ClN3O/c13-7-1-2-11-9(3-7)10(12(17)16-11)4-8-5-14-6-15-8/h1-6H,(H,14,15)(H,16,17)/b10-4+. The number of H-pyrrole nitrogens is 1. The largest absolute Gasteiger partial charge is 0.345 e. The van der Waals surface area contributed by atoms with Crippen LogP contribution in [0.15, 0.2) is 30.7 Å². The molecule has 0 radical (unpaired) electrons. The number of benzene rings is 1. The molecule has 1 aliphatic rings. The molecule has 5 heteroatoms. The van der Waals surface area contributed by atoms with Crippen molar-refractivity contribution < 1.29 is 4.79 Å². The van der Waals surface area contributed by atoms with Gasteiger partial charge in [-0.3, -0.25) is 4.79 Å². The van der Waals surface area contributed by atoms with Crippen LogP contribution in [0.3, 0.4) is 0 Å². The molecule has 2 heterocycles. The van der Waals surface area contributed by atoms with E-state index in [1.165, 1.54) is 0 Å². The highest BCUT2D eigenvalue weighted by molar-refractivity contribution is 6.36. The van der Waals surface area contributed by atoms with E-state index in [0.717, 1.165) is 16.9 Å². The van der Waals surface area contributed by atoms with Crippen molar-refractivity contribution in [2.45, 2.75) is 0 Å². The minimum atomic E-state index is -0.128. The third kappa shape index (κ3) is 1.72. The third-order valence-electron chi connectivity index (χ3n) is 2.58. The topological polar surface area (TPSA) is 57.8 Å². The van der Waals surface area contributed by atoms with Gasteiger partial charge in [0.15, 0.2) is 0 Å². The Kier molecular flexibility index (Phi) is 2.23. The summed E-state index contributed by atoms with van der Waals surface area (Å²) in [5.74, 6) is -0.128. The monoisotopic (exact) mass is 245 g/mol. The quantitative estimate of drug-likeness (QED) is 0.759. The number of carbonyl (C=O) groups is 1. The second-order valence-corrected chi connectivity index (χ2v) is 4.15. The fourth-order valence-electron chi connectivity index (χ4n) is 1.80. The van der Waals surface area contributed by atoms with Gasteiger partial charge in [0.2, 0.25) is 0 Å². The van der Waals surface area contributed by atoms with Gasteiger partial charge in [-0.15, -0.1) is 0 Å². The van der Waals surface area contributed by atoms with Crippen LogP contribution in [0.25, 0.3) is 11.6 Å². The fraction of sp³-hybridized carbons (Fsp3) is 0. The Bertz CT molecular complexity index is 617. The molecule has 0 saturated carbocycles. The Balaban J connectivity index is 2.13. The molecule has 2 aromatic rings. The first-order chi connectivity index (χ1) is 8.24. The van der Waals surface area contributed by atoms with Crippen LogP contribution in [0.5, 0.6) is 0 Å². The molecule has 0 bridgehead atoms. The van der Waals surface area contributed by atoms with Crippen molar-refractivity contribution in [1.29, 1.82) is 0 Å². The maximum atomic E-state index is 11.8. The lowest BCUT2D eigenvalue weighted by molar-refractivity contribution is -0.110. The van der Waals surface area contributed by atoms with Crippen LogP contribution < -0.4 is 5.32 Å². The summed E-state index contributed by atoms with van der Waals surface area (Å²) in [4.78, 5) is 18.6. The molecule has 2 N–H and O–H groups in total. The van der Waals surface area contributed by atoms with Crippen LogP contribution >= 0.6 is 11.6 Å². The molecule has 0 saturated heterocycles. The van der Waals surface area contributed by atoms with E-state index >= 15 is 0 Å². The van der Waals surface area contributed by atoms with Crippen molar-refractivity contribution in [3.05, 3.63) is 47.0 Å². The third-order valence-corrected chi connectivity index (χ3v) is 2.82. The van der Waals surface area contributed by atoms with Crippen molar-refractivity contribution in [2.75, 3.05) is 5.32 Å². The van der Waals surface area contributed by atoms with Gasteiger partial charge in [-0.05, 0) is 24.3 Å². The number of amides is 1. The van der Waals surface area contributed by atoms with Gasteiger partial charge in [-0.2, -0.15) is 0 Å². The molecule has 1 aliphatic heterocycles. The smallest absolute Gasteiger partial charge is 0.256 e. The minimum Gasteiger partial charge on any atom is -0.345 e. The molecule has 1 aromatic heterocycles. The summed E-state index contributed by atoms with van der Waals surface area (Å²) >= 11 is 5.93. The highest BCUT2D eigenvalue weighted by Crippen LogP contribution is 2.34. The number of hydrogen-bond donors (Lipinski definition) is 2. The zero-order chi connectivity index (χ0) is 11.8. The molecule has 17 heavy (non-hydrogen) atoms. The molecule has 0 spiro atoms. The highest BCUT2D eigenvalue weighted by Gasteiger charge is 2.24. The molecule has 3 rings (SSSR count). The SMILES string of the molecule is O=C1Nc2ccc(Cl)cc2/C1=C\c1cnc[nH]1. The van der Waals surface area contributed by atoms with E-state index in [4.69, 9.17) is 11.6 Å². The van der Waals surface area contributed by atoms with Gasteiger partial charge in [0.1, 0.15) is 0 Å². The number of aromatic nitrogens is 2. The lowest BCUT2D eigenvalue weighted by Crippen LogP contribution is -2.03. The van der Waals surface area contributed by atoms with Gasteiger partial charge >= 0.3 is 0 Å². The van der Waals surface area contributed by atoms with Gasteiger partial charge in [-0.1, -0.05) is 11.6 Å². The van der Waals surface area contributed by atoms with E-state index in [9.17, 15) is 4.79 Å². The average Bonchev–Trinajstić information content (AvgIpc) is 2.90. The first-order valence-electron chi connectivity index (χ1n) is 5.05. The van der Waals surface area contributed by atoms with Crippen molar-refractivity contribution in [1.82, 2.24) is 9.97 Å². The Morgan fingerprint density at radius 3 is 3.00 bits per heavy atom. The van der Waals surface area contributed by atoms with Crippen LogP contribution in [-0.4, -0.2) is 15.9 Å². The second-order valence-electron chi connectivity index (χ2n) is 3.71. The van der Waals surface area contributed by atoms with Crippen LogP contribution in [0, 0.1) is 0 Å². The molecule has 0 fully saturated rings. The summed E-state index contributed by atoms with van der Waals surface area (Å²) in [6.45, 7) is 0. The predicted octanol–water partition coefficient (Wildman–Crippen LogP) is 2.56. The zero-order valence-corrected chi connectivity index (χ0v) is 9.45. The maximum Gasteiger partial charge on any atom is 0.256 e. The van der Waals surface area contributed by atoms with Gasteiger partial charge in [0, 0.05) is 16.3 Å². The van der Waals surface area contributed by atoms with E-state index in [1.807, 2.05) is 0 Å². The molecule has 1 amide bonds. The van der Waals surface area contributed by atoms with E-state index in [-0.39, 0.29) is 5.91 Å². The first-order valence-corrected chi connectivity index (χ1v) is 5.43. The Morgan fingerprint density at radius 2 is 2.24 bits per heavy atom. The van der Waals surface area contributed by atoms with E-state index < -0.39 is 0 Å². The summed E-state index contributed by atoms with van der Waals surface area (Å²) in [7, 11) is 0. The summed E-state index contributed by atoms with van der Waals surface area (Å²) in [5, 5.41) is 3.39. The maximum absolute atomic E-state index is 11.8. The number of halogens is 1. The molecule has 0 atom stereocenters. The molecule has 84 valence electrons. The number of nitrogens with zero attached hydrogens (tertiary/aromatic N) is 1. The van der Waals surface area contributed by atoms with E-state index in [2.05, 4.69) is 15.3 Å². The van der Waals surface area contributed by atoms with Gasteiger partial charge in [0.05, 0.1) is 23.8 Å². The van der Waals surface area contributed by atoms with Gasteiger partial charge in [0.25, 0.3) is 5.91 Å². The molecule has 0 aliphatic carbocycles. The average molecular weight is 246 g/mol. The number of nitrogens with one attached hydrogen (secondary N) is 2. The summed E-state index contributed by atoms with van der Waals surface area (Å²) in [6, 6.07) is 5.32. The molecular weight excluding hydrogens is 238 g/mol. The lowest BCUT2D eigenvalue weighted by atomic mass is 10.1. The second kappa shape index (κ2) is 3.75. The predicted molar refractivity (Wildman–Crippen MR) is 66.5 cm³/mol. The molecule has 1 aromatic carbocycles. The lowest BCUT2D eigenvalue weighted by Gasteiger charge is -1.98. The summed E-state index contributed by atoms with van der Waals surface area (Å²) in [6.07, 6.45) is 4.98. The van der Waals surface area contributed by atoms with Crippen molar-refractivity contribution >= 4 is 34.8 Å². The number of hydrogen-bond acceptors (Lipinski definition) is 2. The minimum absolute atomic E-state index is 0.128. The van der Waals surface area contributed by atoms with Crippen LogP contribution in [0.2, 0.25) is 5.02 Å². The van der Waals surface area contributed by atoms with Gasteiger partial charge < -0.3 is 10.3 Å². The van der Waals surface area contributed by atoms with Crippen molar-refractivity contribution in [2.24, 2.45) is 0 Å². The number of aromatic amines is 1. The van der Waals surface area contributed by atoms with Crippen molar-refractivity contribution in [3.8, 4) is 0 Å². The van der Waals surface area contributed by atoms with Crippen LogP contribution in [0.4, 0.5) is 5.69 Å². The first kappa shape index (κ1) is 10.1. The number of fused-ring (bicyclic) bond motifs is 1. The normalized spacial score (nSPS) is 16.1. The fourth-order valence-corrected chi connectivity index (χ4v) is 1.98. The number of imidazole rings is 1. The van der Waals surface area contributed by atoms with Crippen LogP contribution in [-0.2, 0) is 4.79 Å². The molecule has 4 nitrogen and oxygen atoms in total. The van der Waals surface area contributed by atoms with Crippen molar-refractivity contribution in [3.63, 3.8) is 0 Å². The van der Waals surface area contributed by atoms with E-state index in [0.29, 0.717) is 10.6 Å². The molecule has 0 unspecified atom stereocenters.